The predicted molar refractivity (Wildman–Crippen MR) is 126 cm³/mol. The zero-order valence-electron chi connectivity index (χ0n) is 17.6. The molecular weight excluding hydrogens is 443 g/mol. The molecule has 0 bridgehead atoms. The smallest absolute Gasteiger partial charge is 0.263 e. The number of carbonyl (C=O) groups is 2. The molecule has 0 aliphatic carbocycles. The summed E-state index contributed by atoms with van der Waals surface area (Å²) in [6.07, 6.45) is 1.51. The lowest BCUT2D eigenvalue weighted by Gasteiger charge is -2.28. The molecule has 1 atom stereocenters. The third kappa shape index (κ3) is 3.80. The van der Waals surface area contributed by atoms with Gasteiger partial charge >= 0.3 is 0 Å². The molecule has 2 aromatic carbocycles. The van der Waals surface area contributed by atoms with Crippen LogP contribution >= 0.6 is 11.3 Å². The molecule has 0 spiro atoms. The van der Waals surface area contributed by atoms with Gasteiger partial charge in [-0.3, -0.25) is 19.0 Å². The van der Waals surface area contributed by atoms with Gasteiger partial charge in [-0.15, -0.1) is 11.3 Å². The maximum atomic E-state index is 13.4. The Balaban J connectivity index is 1.53. The quantitative estimate of drug-likeness (QED) is 0.498. The fourth-order valence-electron chi connectivity index (χ4n) is 4.11. The van der Waals surface area contributed by atoms with Gasteiger partial charge < -0.3 is 10.2 Å². The maximum Gasteiger partial charge on any atom is 0.263 e. The molecule has 4 aromatic rings. The molecule has 2 aromatic heterocycles. The summed E-state index contributed by atoms with van der Waals surface area (Å²) in [6.45, 7) is 1.57. The molecule has 33 heavy (non-hydrogen) atoms. The van der Waals surface area contributed by atoms with Crippen LogP contribution in [0.25, 0.3) is 21.3 Å². The Morgan fingerprint density at radius 2 is 1.94 bits per heavy atom. The fourth-order valence-corrected chi connectivity index (χ4v) is 5.02. The van der Waals surface area contributed by atoms with Crippen molar-refractivity contribution in [3.63, 3.8) is 0 Å². The number of fused-ring (bicyclic) bond motifs is 2. The number of para-hydroxylation sites is 2. The van der Waals surface area contributed by atoms with Crippen LogP contribution in [-0.2, 0) is 16.1 Å². The largest absolute Gasteiger partial charge is 0.324 e. The number of thiophene rings is 1. The first-order valence-electron chi connectivity index (χ1n) is 10.4. The summed E-state index contributed by atoms with van der Waals surface area (Å²) < 4.78 is 14.6. The second-order valence-corrected chi connectivity index (χ2v) is 8.75. The number of nitrogens with zero attached hydrogens (tertiary/aromatic N) is 3. The lowest BCUT2D eigenvalue weighted by atomic mass is 10.1. The first kappa shape index (κ1) is 21.0. The van der Waals surface area contributed by atoms with Crippen molar-refractivity contribution in [3.05, 3.63) is 76.4 Å². The van der Waals surface area contributed by atoms with Gasteiger partial charge in [-0.1, -0.05) is 24.3 Å². The van der Waals surface area contributed by atoms with E-state index in [9.17, 15) is 18.8 Å². The van der Waals surface area contributed by atoms with Gasteiger partial charge in [0.15, 0.2) is 0 Å². The van der Waals surface area contributed by atoms with Crippen LogP contribution in [0.1, 0.15) is 13.3 Å². The molecule has 0 radical (unpaired) electrons. The number of hydrogen-bond acceptors (Lipinski definition) is 5. The van der Waals surface area contributed by atoms with Crippen molar-refractivity contribution in [1.82, 2.24) is 9.55 Å². The minimum Gasteiger partial charge on any atom is -0.324 e. The molecule has 1 N–H and O–H groups in total. The molecule has 7 nitrogen and oxygen atoms in total. The number of benzene rings is 2. The van der Waals surface area contributed by atoms with Gasteiger partial charge in [0.25, 0.3) is 5.56 Å². The number of nitrogens with one attached hydrogen (secondary N) is 1. The van der Waals surface area contributed by atoms with Crippen LogP contribution in [0, 0.1) is 5.82 Å². The molecule has 0 fully saturated rings. The van der Waals surface area contributed by atoms with Crippen LogP contribution in [0.3, 0.4) is 0 Å². The highest BCUT2D eigenvalue weighted by atomic mass is 32.1. The summed E-state index contributed by atoms with van der Waals surface area (Å²) in [5.41, 5.74) is 2.14. The van der Waals surface area contributed by atoms with Gasteiger partial charge in [-0.2, -0.15) is 0 Å². The van der Waals surface area contributed by atoms with E-state index < -0.39 is 0 Å². The van der Waals surface area contributed by atoms with Gasteiger partial charge in [-0.25, -0.2) is 9.37 Å². The van der Waals surface area contributed by atoms with Crippen molar-refractivity contribution in [1.29, 1.82) is 0 Å². The topological polar surface area (TPSA) is 84.3 Å². The van der Waals surface area contributed by atoms with E-state index in [2.05, 4.69) is 10.3 Å². The summed E-state index contributed by atoms with van der Waals surface area (Å²) in [5, 5.41) is 5.02. The zero-order chi connectivity index (χ0) is 23.1. The van der Waals surface area contributed by atoms with Gasteiger partial charge in [0.05, 0.1) is 23.1 Å². The Bertz CT molecular complexity index is 1440. The first-order valence-corrected chi connectivity index (χ1v) is 11.2. The highest BCUT2D eigenvalue weighted by Crippen LogP contribution is 2.32. The molecule has 0 saturated carbocycles. The molecule has 5 rings (SSSR count). The Hall–Kier alpha value is -3.85. The lowest BCUT2D eigenvalue weighted by molar-refractivity contribution is -0.120. The predicted octanol–water partition coefficient (Wildman–Crippen LogP) is 4.03. The van der Waals surface area contributed by atoms with Crippen molar-refractivity contribution in [2.75, 3.05) is 10.2 Å². The Kier molecular flexibility index (Phi) is 5.26. The normalized spacial score (nSPS) is 15.8. The fraction of sp³-hybridized carbons (Fsp3) is 0.167. The molecule has 166 valence electrons. The third-order valence-electron chi connectivity index (χ3n) is 5.65. The second-order valence-electron chi connectivity index (χ2n) is 7.90. The van der Waals surface area contributed by atoms with E-state index in [4.69, 9.17) is 0 Å². The van der Waals surface area contributed by atoms with Gasteiger partial charge in [-0.05, 0) is 36.8 Å². The van der Waals surface area contributed by atoms with Crippen LogP contribution < -0.4 is 15.8 Å². The highest BCUT2D eigenvalue weighted by molar-refractivity contribution is 7.17. The van der Waals surface area contributed by atoms with Crippen LogP contribution in [0.5, 0.6) is 0 Å². The Labute approximate surface area is 192 Å². The first-order chi connectivity index (χ1) is 15.9. The van der Waals surface area contributed by atoms with Crippen molar-refractivity contribution >= 4 is 44.7 Å². The standard InChI is InChI=1S/C24H19FN4O3S/c1-14-10-20(30)27-18-4-2-3-5-19(18)29(14)21(31)11-28-13-26-23-22(24(28)32)17(12-33-23)15-6-8-16(25)9-7-15/h2-9,12-14H,10-11H2,1H3,(H,27,30)/t14-/m1/s1. The van der Waals surface area contributed by atoms with Crippen LogP contribution in [0.15, 0.2) is 65.0 Å². The summed E-state index contributed by atoms with van der Waals surface area (Å²) in [7, 11) is 0. The van der Waals surface area contributed by atoms with Crippen molar-refractivity contribution in [3.8, 4) is 11.1 Å². The number of aromatic nitrogens is 2. The molecule has 9 heteroatoms. The van der Waals surface area contributed by atoms with Crippen LogP contribution in [-0.4, -0.2) is 27.4 Å². The molecular formula is C24H19FN4O3S. The summed E-state index contributed by atoms with van der Waals surface area (Å²) in [6, 6.07) is 12.6. The van der Waals surface area contributed by atoms with Crippen LogP contribution in [0.2, 0.25) is 0 Å². The molecule has 2 amide bonds. The van der Waals surface area contributed by atoms with E-state index in [1.165, 1.54) is 34.4 Å². The average Bonchev–Trinajstić information content (AvgIpc) is 3.17. The summed E-state index contributed by atoms with van der Waals surface area (Å²) in [5.74, 6) is -0.861. The van der Waals surface area contributed by atoms with E-state index >= 15 is 0 Å². The number of rotatable bonds is 3. The Morgan fingerprint density at radius 1 is 1.18 bits per heavy atom. The molecule has 0 saturated heterocycles. The lowest BCUT2D eigenvalue weighted by Crippen LogP contribution is -2.42. The number of anilines is 2. The van der Waals surface area contributed by atoms with Crippen LogP contribution in [0.4, 0.5) is 15.8 Å². The number of carbonyl (C=O) groups excluding carboxylic acids is 2. The third-order valence-corrected chi connectivity index (χ3v) is 6.54. The number of hydrogen-bond donors (Lipinski definition) is 1. The molecule has 1 aliphatic heterocycles. The van der Waals surface area contributed by atoms with E-state index in [1.807, 2.05) is 5.38 Å². The molecule has 1 aliphatic rings. The number of halogens is 1. The zero-order valence-corrected chi connectivity index (χ0v) is 18.4. The van der Waals surface area contributed by atoms with E-state index in [1.54, 1.807) is 48.2 Å². The van der Waals surface area contributed by atoms with Gasteiger partial charge in [0.2, 0.25) is 11.8 Å². The molecule has 3 heterocycles. The van der Waals surface area contributed by atoms with Crippen molar-refractivity contribution < 1.29 is 14.0 Å². The van der Waals surface area contributed by atoms with E-state index in [0.717, 1.165) is 0 Å². The van der Waals surface area contributed by atoms with E-state index in [-0.39, 0.29) is 42.2 Å². The Morgan fingerprint density at radius 3 is 2.73 bits per heavy atom. The van der Waals surface area contributed by atoms with Gasteiger partial charge in [0, 0.05) is 23.4 Å². The maximum absolute atomic E-state index is 13.4. The monoisotopic (exact) mass is 462 g/mol. The SMILES string of the molecule is C[C@@H]1CC(=O)Nc2ccccc2N1C(=O)Cn1cnc2scc(-c3ccc(F)cc3)c2c1=O. The summed E-state index contributed by atoms with van der Waals surface area (Å²) >= 11 is 1.32. The summed E-state index contributed by atoms with van der Waals surface area (Å²) in [4.78, 5) is 45.4. The number of amides is 2. The second kappa shape index (κ2) is 8.25. The highest BCUT2D eigenvalue weighted by Gasteiger charge is 2.30. The minimum absolute atomic E-state index is 0.145. The minimum atomic E-state index is -0.385. The van der Waals surface area contributed by atoms with Crippen molar-refractivity contribution in [2.24, 2.45) is 0 Å². The van der Waals surface area contributed by atoms with Crippen molar-refractivity contribution in [2.45, 2.75) is 25.9 Å². The average molecular weight is 463 g/mol. The van der Waals surface area contributed by atoms with E-state index in [0.29, 0.717) is 32.7 Å². The molecule has 0 unspecified atom stereocenters. The van der Waals surface area contributed by atoms with Gasteiger partial charge in [0.1, 0.15) is 17.2 Å².